The maximum atomic E-state index is 14.5. The van der Waals surface area contributed by atoms with Crippen molar-refractivity contribution in [1.82, 2.24) is 34.0 Å². The van der Waals surface area contributed by atoms with Crippen LogP contribution >= 0.6 is 11.6 Å². The first-order valence-corrected chi connectivity index (χ1v) is 19.2. The molecule has 2 aliphatic heterocycles. The van der Waals surface area contributed by atoms with Crippen LogP contribution in [0.2, 0.25) is 5.02 Å². The van der Waals surface area contributed by atoms with E-state index >= 15 is 0 Å². The van der Waals surface area contributed by atoms with E-state index in [1.54, 1.807) is 16.4 Å². The van der Waals surface area contributed by atoms with Gasteiger partial charge in [0.25, 0.3) is 11.5 Å². The SMILES string of the molecule is CCc1c(N2CC[C@@H](C)N(C(=O)c3ncnc(C)c3OCc3ccccc3)CC2)c(=O)n2nc(C3=CCOCC3)nc2n1CC(=O)Nc1ccc(C(F)(F)F)cc1Cl. The lowest BCUT2D eigenvalue weighted by Gasteiger charge is -2.28. The van der Waals surface area contributed by atoms with Gasteiger partial charge in [-0.1, -0.05) is 54.9 Å². The standard InChI is InChI=1S/C40H41ClF3N9O5/c1-4-31-34(50-15-12-24(2)51(17-16-50)37(55)33-35(25(3)45-23-46-33)58-22-26-8-6-5-7-9-26)38(56)53-39(48-36(49-53)27-13-18-57-19-14-27)52(31)21-32(54)47-30-11-10-28(20-29(30)41)40(42,43)44/h5-11,13,20,23-24H,4,12,14-19,21-22H2,1-3H3,(H,47,54)/t24-/m1/s1. The Morgan fingerprint density at radius 1 is 1.09 bits per heavy atom. The number of benzene rings is 2. The van der Waals surface area contributed by atoms with Gasteiger partial charge in [0.15, 0.2) is 17.3 Å². The molecule has 1 saturated heterocycles. The molecule has 0 radical (unpaired) electrons. The van der Waals surface area contributed by atoms with Crippen LogP contribution in [-0.4, -0.2) is 84.7 Å². The van der Waals surface area contributed by atoms with Gasteiger partial charge >= 0.3 is 6.18 Å². The van der Waals surface area contributed by atoms with E-state index in [4.69, 9.17) is 26.1 Å². The summed E-state index contributed by atoms with van der Waals surface area (Å²) in [5.41, 5.74) is 1.73. The molecule has 2 amide bonds. The maximum absolute atomic E-state index is 14.5. The molecule has 1 fully saturated rings. The summed E-state index contributed by atoms with van der Waals surface area (Å²) in [6.45, 7) is 7.06. The Hall–Kier alpha value is -5.81. The lowest BCUT2D eigenvalue weighted by Crippen LogP contribution is -2.41. The zero-order chi connectivity index (χ0) is 41.1. The molecule has 14 nitrogen and oxygen atoms in total. The molecule has 58 heavy (non-hydrogen) atoms. The third-order valence-corrected chi connectivity index (χ3v) is 10.5. The Balaban J connectivity index is 1.21. The number of amides is 2. The number of carbonyl (C=O) groups is 2. The largest absolute Gasteiger partial charge is 0.485 e. The summed E-state index contributed by atoms with van der Waals surface area (Å²) < 4.78 is 54.3. The van der Waals surface area contributed by atoms with E-state index in [2.05, 4.69) is 20.4 Å². The zero-order valence-corrected chi connectivity index (χ0v) is 32.8. The van der Waals surface area contributed by atoms with Crippen molar-refractivity contribution in [2.75, 3.05) is 43.1 Å². The molecule has 2 aromatic carbocycles. The summed E-state index contributed by atoms with van der Waals surface area (Å²) in [6, 6.07) is 12.0. The number of carbonyl (C=O) groups excluding carboxylic acids is 2. The maximum Gasteiger partial charge on any atom is 0.416 e. The fraction of sp³-hybridized carbons (Fsp3) is 0.375. The van der Waals surface area contributed by atoms with Gasteiger partial charge in [-0.3, -0.25) is 14.4 Å². The van der Waals surface area contributed by atoms with Gasteiger partial charge in [-0.05, 0) is 62.4 Å². The van der Waals surface area contributed by atoms with E-state index in [0.29, 0.717) is 67.7 Å². The highest BCUT2D eigenvalue weighted by molar-refractivity contribution is 6.33. The average molecular weight is 820 g/mol. The Kier molecular flexibility index (Phi) is 11.8. The number of halogens is 4. The van der Waals surface area contributed by atoms with E-state index in [1.165, 1.54) is 10.8 Å². The number of nitrogens with zero attached hydrogens (tertiary/aromatic N) is 8. The lowest BCUT2D eigenvalue weighted by atomic mass is 10.1. The highest BCUT2D eigenvalue weighted by Crippen LogP contribution is 2.34. The van der Waals surface area contributed by atoms with Crippen LogP contribution in [0.3, 0.4) is 0 Å². The number of ether oxygens (including phenoxy) is 2. The van der Waals surface area contributed by atoms with Gasteiger partial charge in [-0.25, -0.2) is 9.97 Å². The van der Waals surface area contributed by atoms with Crippen LogP contribution in [-0.2, 0) is 35.3 Å². The summed E-state index contributed by atoms with van der Waals surface area (Å²) in [7, 11) is 0. The molecule has 3 aromatic heterocycles. The molecule has 5 heterocycles. The van der Waals surface area contributed by atoms with Crippen LogP contribution in [0.25, 0.3) is 11.4 Å². The second kappa shape index (κ2) is 17.0. The highest BCUT2D eigenvalue weighted by Gasteiger charge is 2.33. The minimum Gasteiger partial charge on any atom is -0.485 e. The van der Waals surface area contributed by atoms with Gasteiger partial charge in [-0.15, -0.1) is 5.10 Å². The fourth-order valence-electron chi connectivity index (χ4n) is 7.16. The number of nitrogens with one attached hydrogen (secondary N) is 1. The molecule has 1 N–H and O–H groups in total. The van der Waals surface area contributed by atoms with Crippen molar-refractivity contribution in [2.24, 2.45) is 0 Å². The van der Waals surface area contributed by atoms with Crippen molar-refractivity contribution in [3.63, 3.8) is 0 Å². The van der Waals surface area contributed by atoms with E-state index < -0.39 is 23.2 Å². The molecule has 18 heteroatoms. The smallest absolute Gasteiger partial charge is 0.416 e. The van der Waals surface area contributed by atoms with Crippen LogP contribution in [0.1, 0.15) is 65.5 Å². The summed E-state index contributed by atoms with van der Waals surface area (Å²) in [4.78, 5) is 59.4. The number of aromatic nitrogens is 6. The molecule has 0 spiro atoms. The van der Waals surface area contributed by atoms with Gasteiger partial charge in [-0.2, -0.15) is 22.7 Å². The van der Waals surface area contributed by atoms with Crippen LogP contribution < -0.4 is 20.5 Å². The third-order valence-electron chi connectivity index (χ3n) is 10.2. The molecule has 0 unspecified atom stereocenters. The molecule has 0 bridgehead atoms. The van der Waals surface area contributed by atoms with Crippen molar-refractivity contribution in [3.05, 3.63) is 110 Å². The van der Waals surface area contributed by atoms with Gasteiger partial charge in [0.2, 0.25) is 11.7 Å². The summed E-state index contributed by atoms with van der Waals surface area (Å²) >= 11 is 6.18. The van der Waals surface area contributed by atoms with Crippen LogP contribution in [0, 0.1) is 6.92 Å². The molecule has 304 valence electrons. The number of aryl methyl sites for hydroxylation is 1. The average Bonchev–Trinajstić information content (AvgIpc) is 3.58. The van der Waals surface area contributed by atoms with Crippen molar-refractivity contribution in [3.8, 4) is 5.75 Å². The topological polar surface area (TPSA) is 149 Å². The molecular formula is C40H41ClF3N9O5. The molecule has 1 atom stereocenters. The van der Waals surface area contributed by atoms with E-state index in [-0.39, 0.29) is 60.4 Å². The normalized spacial score (nSPS) is 16.3. The second-order valence-corrected chi connectivity index (χ2v) is 14.4. The predicted octanol–water partition coefficient (Wildman–Crippen LogP) is 5.99. The zero-order valence-electron chi connectivity index (χ0n) is 32.1. The Bertz CT molecular complexity index is 2440. The first-order valence-electron chi connectivity index (χ1n) is 18.8. The summed E-state index contributed by atoms with van der Waals surface area (Å²) in [5.74, 6) is -0.232. The van der Waals surface area contributed by atoms with Gasteiger partial charge in [0.05, 0.1) is 40.9 Å². The van der Waals surface area contributed by atoms with Gasteiger partial charge < -0.3 is 29.2 Å². The van der Waals surface area contributed by atoms with E-state index in [0.717, 1.165) is 29.3 Å². The Labute approximate surface area is 336 Å². The first kappa shape index (κ1) is 40.4. The first-order chi connectivity index (χ1) is 27.8. The van der Waals surface area contributed by atoms with Crippen LogP contribution in [0.5, 0.6) is 5.75 Å². The van der Waals surface area contributed by atoms with Gasteiger partial charge in [0, 0.05) is 25.7 Å². The Morgan fingerprint density at radius 3 is 2.59 bits per heavy atom. The van der Waals surface area contributed by atoms with Crippen LogP contribution in [0.15, 0.2) is 65.7 Å². The van der Waals surface area contributed by atoms with Crippen LogP contribution in [0.4, 0.5) is 24.5 Å². The highest BCUT2D eigenvalue weighted by atomic mass is 35.5. The molecular weight excluding hydrogens is 779 g/mol. The molecule has 0 saturated carbocycles. The predicted molar refractivity (Wildman–Crippen MR) is 210 cm³/mol. The van der Waals surface area contributed by atoms with E-state index in [1.807, 2.05) is 55.2 Å². The number of anilines is 2. The summed E-state index contributed by atoms with van der Waals surface area (Å²) in [5, 5.41) is 6.94. The van der Waals surface area contributed by atoms with Crippen molar-refractivity contribution < 1.29 is 32.2 Å². The minimum absolute atomic E-state index is 0.0108. The number of fused-ring (bicyclic) bond motifs is 1. The third kappa shape index (κ3) is 8.41. The number of alkyl halides is 3. The van der Waals surface area contributed by atoms with Crippen molar-refractivity contribution >= 4 is 46.1 Å². The molecule has 5 aromatic rings. The summed E-state index contributed by atoms with van der Waals surface area (Å²) in [6.07, 6.45) is -0.139. The second-order valence-electron chi connectivity index (χ2n) is 14.0. The molecule has 7 rings (SSSR count). The Morgan fingerprint density at radius 2 is 1.88 bits per heavy atom. The molecule has 0 aliphatic carbocycles. The quantitative estimate of drug-likeness (QED) is 0.178. The van der Waals surface area contributed by atoms with Crippen molar-refractivity contribution in [2.45, 2.75) is 65.4 Å². The number of hydrogen-bond donors (Lipinski definition) is 1. The van der Waals surface area contributed by atoms with Crippen molar-refractivity contribution in [1.29, 1.82) is 0 Å². The monoisotopic (exact) mass is 819 g/mol. The number of hydrogen-bond acceptors (Lipinski definition) is 10. The minimum atomic E-state index is -4.62. The molecule has 2 aliphatic rings. The number of rotatable bonds is 10. The van der Waals surface area contributed by atoms with Gasteiger partial charge in [0.1, 0.15) is 25.2 Å². The lowest BCUT2D eigenvalue weighted by molar-refractivity contribution is -0.137. The fourth-order valence-corrected chi connectivity index (χ4v) is 7.39. The van der Waals surface area contributed by atoms with E-state index in [9.17, 15) is 27.6 Å².